The lowest BCUT2D eigenvalue weighted by molar-refractivity contribution is -0.140. The van der Waals surface area contributed by atoms with Crippen LogP contribution in [-0.2, 0) is 9.59 Å². The zero-order valence-corrected chi connectivity index (χ0v) is 15.4. The predicted octanol–water partition coefficient (Wildman–Crippen LogP) is 2.83. The van der Waals surface area contributed by atoms with Crippen molar-refractivity contribution in [3.8, 4) is 22.9 Å². The first-order valence-electron chi connectivity index (χ1n) is 8.86. The number of benzene rings is 1. The number of carboxylic acids is 1. The first kappa shape index (κ1) is 17.8. The summed E-state index contributed by atoms with van der Waals surface area (Å²) in [7, 11) is 0. The molecule has 3 N–H and O–H groups in total. The maximum Gasteiger partial charge on any atom is 0.307 e. The minimum atomic E-state index is -0.936. The number of carbonyl (C=O) groups is 2. The van der Waals surface area contributed by atoms with Gasteiger partial charge in [0.15, 0.2) is 11.6 Å². The number of hydrogen-bond acceptors (Lipinski definition) is 5. The summed E-state index contributed by atoms with van der Waals surface area (Å²) >= 11 is 0. The van der Waals surface area contributed by atoms with E-state index in [0.29, 0.717) is 23.0 Å². The molecule has 3 aromatic rings. The fourth-order valence-electron chi connectivity index (χ4n) is 3.52. The summed E-state index contributed by atoms with van der Waals surface area (Å²) in [4.78, 5) is 32.3. The van der Waals surface area contributed by atoms with Gasteiger partial charge in [-0.2, -0.15) is 5.10 Å². The normalized spacial score (nSPS) is 19.8. The minimum absolute atomic E-state index is 0.277. The topological polar surface area (TPSA) is 121 Å². The number of nitrogens with zero attached hydrogens (tertiary/aromatic N) is 3. The van der Waals surface area contributed by atoms with Crippen LogP contribution in [0.3, 0.4) is 0 Å². The molecule has 28 heavy (non-hydrogen) atoms. The molecule has 0 bridgehead atoms. The third kappa shape index (κ3) is 3.13. The number of pyridine rings is 1. The molecule has 2 unspecified atom stereocenters. The standard InChI is InChI=1S/C20H19N5O3/c1-20(2)14(15(20)19(27)28)18(26)22-12-8-6-11(7-9-12)16-23-17(25-24-16)13-5-3-4-10-21-13/h3-10,14-15H,1-2H3,(H,22,26)(H,27,28)(H,23,24,25). The van der Waals surface area contributed by atoms with E-state index >= 15 is 0 Å². The number of anilines is 1. The van der Waals surface area contributed by atoms with Crippen molar-refractivity contribution in [3.05, 3.63) is 48.7 Å². The van der Waals surface area contributed by atoms with Gasteiger partial charge in [-0.3, -0.25) is 19.7 Å². The molecule has 2 atom stereocenters. The van der Waals surface area contributed by atoms with Gasteiger partial charge in [0.2, 0.25) is 5.91 Å². The van der Waals surface area contributed by atoms with Gasteiger partial charge < -0.3 is 10.4 Å². The molecule has 0 aliphatic heterocycles. The second-order valence-corrected chi connectivity index (χ2v) is 7.40. The number of aromatic nitrogens is 4. The highest BCUT2D eigenvalue weighted by atomic mass is 16.4. The van der Waals surface area contributed by atoms with Gasteiger partial charge in [-0.25, -0.2) is 4.98 Å². The Morgan fingerprint density at radius 3 is 2.46 bits per heavy atom. The zero-order chi connectivity index (χ0) is 19.9. The highest BCUT2D eigenvalue weighted by Gasteiger charge is 2.65. The van der Waals surface area contributed by atoms with Gasteiger partial charge in [-0.15, -0.1) is 0 Å². The van der Waals surface area contributed by atoms with E-state index in [0.717, 1.165) is 5.56 Å². The number of amides is 1. The second-order valence-electron chi connectivity index (χ2n) is 7.40. The lowest BCUT2D eigenvalue weighted by atomic mass is 10.1. The van der Waals surface area contributed by atoms with Crippen molar-refractivity contribution in [2.75, 3.05) is 5.32 Å². The van der Waals surface area contributed by atoms with Crippen LogP contribution >= 0.6 is 0 Å². The van der Waals surface area contributed by atoms with E-state index in [-0.39, 0.29) is 5.91 Å². The summed E-state index contributed by atoms with van der Waals surface area (Å²) in [5.74, 6) is -1.30. The monoisotopic (exact) mass is 377 g/mol. The summed E-state index contributed by atoms with van der Waals surface area (Å²) in [6.45, 7) is 3.59. The first-order valence-corrected chi connectivity index (χ1v) is 8.86. The Labute approximate surface area is 161 Å². The van der Waals surface area contributed by atoms with E-state index < -0.39 is 23.2 Å². The van der Waals surface area contributed by atoms with E-state index in [1.165, 1.54) is 0 Å². The Morgan fingerprint density at radius 2 is 1.86 bits per heavy atom. The first-order chi connectivity index (χ1) is 13.4. The third-order valence-electron chi connectivity index (χ3n) is 5.18. The molecule has 1 amide bonds. The van der Waals surface area contributed by atoms with E-state index in [1.54, 1.807) is 44.3 Å². The molecule has 0 spiro atoms. The quantitative estimate of drug-likeness (QED) is 0.629. The van der Waals surface area contributed by atoms with Gasteiger partial charge >= 0.3 is 5.97 Å². The Bertz CT molecular complexity index is 1030. The molecule has 2 heterocycles. The van der Waals surface area contributed by atoms with Gasteiger partial charge in [0, 0.05) is 17.4 Å². The summed E-state index contributed by atoms with van der Waals surface area (Å²) in [5.41, 5.74) is 1.55. The number of H-pyrrole nitrogens is 1. The fraction of sp³-hybridized carbons (Fsp3) is 0.250. The molecule has 1 aromatic carbocycles. The number of nitrogens with one attached hydrogen (secondary N) is 2. The van der Waals surface area contributed by atoms with Crippen molar-refractivity contribution in [2.45, 2.75) is 13.8 Å². The molecule has 142 valence electrons. The third-order valence-corrected chi connectivity index (χ3v) is 5.18. The van der Waals surface area contributed by atoms with Gasteiger partial charge in [-0.1, -0.05) is 19.9 Å². The molecule has 1 aliphatic rings. The van der Waals surface area contributed by atoms with Crippen LogP contribution in [0.2, 0.25) is 0 Å². The van der Waals surface area contributed by atoms with Crippen molar-refractivity contribution < 1.29 is 14.7 Å². The Kier molecular flexibility index (Phi) is 4.18. The lowest BCUT2D eigenvalue weighted by Crippen LogP contribution is -2.17. The molecule has 4 rings (SSSR count). The summed E-state index contributed by atoms with van der Waals surface area (Å²) < 4.78 is 0. The minimum Gasteiger partial charge on any atom is -0.481 e. The average molecular weight is 377 g/mol. The molecule has 1 aliphatic carbocycles. The van der Waals surface area contributed by atoms with Crippen LogP contribution in [0.25, 0.3) is 22.9 Å². The van der Waals surface area contributed by atoms with Crippen molar-refractivity contribution in [3.63, 3.8) is 0 Å². The fourth-order valence-corrected chi connectivity index (χ4v) is 3.52. The van der Waals surface area contributed by atoms with Crippen molar-refractivity contribution in [1.82, 2.24) is 20.2 Å². The van der Waals surface area contributed by atoms with Crippen LogP contribution in [0.1, 0.15) is 13.8 Å². The van der Waals surface area contributed by atoms with Crippen LogP contribution in [0.4, 0.5) is 5.69 Å². The van der Waals surface area contributed by atoms with Crippen molar-refractivity contribution in [2.24, 2.45) is 17.3 Å². The van der Waals surface area contributed by atoms with Crippen LogP contribution < -0.4 is 5.32 Å². The molecule has 0 radical (unpaired) electrons. The van der Waals surface area contributed by atoms with E-state index in [1.807, 2.05) is 18.2 Å². The molecular weight excluding hydrogens is 358 g/mol. The number of rotatable bonds is 5. The number of carbonyl (C=O) groups excluding carboxylic acids is 1. The number of carboxylic acid groups (broad SMARTS) is 1. The van der Waals surface area contributed by atoms with Crippen LogP contribution in [-0.4, -0.2) is 37.1 Å². The Morgan fingerprint density at radius 1 is 1.11 bits per heavy atom. The van der Waals surface area contributed by atoms with Gasteiger partial charge in [-0.05, 0) is 41.8 Å². The van der Waals surface area contributed by atoms with Gasteiger partial charge in [0.25, 0.3) is 0 Å². The molecule has 0 saturated heterocycles. The van der Waals surface area contributed by atoms with Crippen molar-refractivity contribution in [1.29, 1.82) is 0 Å². The van der Waals surface area contributed by atoms with E-state index in [2.05, 4.69) is 25.5 Å². The summed E-state index contributed by atoms with van der Waals surface area (Å²) in [5, 5.41) is 19.1. The number of aromatic amines is 1. The maximum atomic E-state index is 12.4. The average Bonchev–Trinajstić information content (AvgIpc) is 3.03. The van der Waals surface area contributed by atoms with Gasteiger partial charge in [0.1, 0.15) is 5.69 Å². The molecule has 1 saturated carbocycles. The molecular formula is C20H19N5O3. The highest BCUT2D eigenvalue weighted by molar-refractivity contribution is 5.99. The van der Waals surface area contributed by atoms with Crippen LogP contribution in [0, 0.1) is 17.3 Å². The van der Waals surface area contributed by atoms with Crippen LogP contribution in [0.15, 0.2) is 48.7 Å². The molecule has 8 heteroatoms. The Hall–Kier alpha value is -3.55. The number of aliphatic carboxylic acids is 1. The van der Waals surface area contributed by atoms with E-state index in [4.69, 9.17) is 0 Å². The second kappa shape index (κ2) is 6.56. The summed E-state index contributed by atoms with van der Waals surface area (Å²) in [6, 6.07) is 12.6. The Balaban J connectivity index is 1.46. The largest absolute Gasteiger partial charge is 0.481 e. The highest BCUT2D eigenvalue weighted by Crippen LogP contribution is 2.58. The predicted molar refractivity (Wildman–Crippen MR) is 102 cm³/mol. The lowest BCUT2D eigenvalue weighted by Gasteiger charge is -2.06. The SMILES string of the molecule is CC1(C)C(C(=O)O)C1C(=O)Nc1ccc(-c2n[nH]c(-c3ccccn3)n2)cc1. The van der Waals surface area contributed by atoms with Gasteiger partial charge in [0.05, 0.1) is 11.8 Å². The van der Waals surface area contributed by atoms with Crippen molar-refractivity contribution >= 4 is 17.6 Å². The smallest absolute Gasteiger partial charge is 0.307 e. The summed E-state index contributed by atoms with van der Waals surface area (Å²) in [6.07, 6.45) is 1.69. The zero-order valence-electron chi connectivity index (χ0n) is 15.4. The maximum absolute atomic E-state index is 12.4. The van der Waals surface area contributed by atoms with Crippen LogP contribution in [0.5, 0.6) is 0 Å². The molecule has 1 fully saturated rings. The molecule has 8 nitrogen and oxygen atoms in total. The van der Waals surface area contributed by atoms with E-state index in [9.17, 15) is 14.7 Å². The molecule has 2 aromatic heterocycles. The number of hydrogen-bond donors (Lipinski definition) is 3.